The molecule has 0 aromatic heterocycles. The van der Waals surface area contributed by atoms with Crippen molar-refractivity contribution in [2.75, 3.05) is 33.8 Å². The average Bonchev–Trinajstić information content (AvgIpc) is 1.87. The molecule has 1 N–H and O–H groups in total. The highest BCUT2D eigenvalue weighted by atomic mass is 16.3. The van der Waals surface area contributed by atoms with Crippen LogP contribution in [0.5, 0.6) is 0 Å². The zero-order valence-corrected chi connectivity index (χ0v) is 6.39. The van der Waals surface area contributed by atoms with E-state index in [4.69, 9.17) is 0 Å². The number of hydrogen-bond donors (Lipinski definition) is 1. The Morgan fingerprint density at radius 2 is 2.10 bits per heavy atom. The molecule has 0 saturated heterocycles. The molecule has 59 valence electrons. The van der Waals surface area contributed by atoms with Gasteiger partial charge in [-0.15, -0.1) is 0 Å². The number of amides is 1. The van der Waals surface area contributed by atoms with Crippen LogP contribution in [0.2, 0.25) is 0 Å². The summed E-state index contributed by atoms with van der Waals surface area (Å²) >= 11 is 0. The maximum absolute atomic E-state index is 10.4. The molecular weight excluding hydrogens is 132 g/mol. The van der Waals surface area contributed by atoms with Gasteiger partial charge in [0.2, 0.25) is 5.91 Å². The minimum atomic E-state index is -0.673. The fraction of sp³-hybridized carbons (Fsp3) is 0.833. The van der Waals surface area contributed by atoms with Crippen molar-refractivity contribution in [1.29, 1.82) is 0 Å². The van der Waals surface area contributed by atoms with Gasteiger partial charge in [0.25, 0.3) is 0 Å². The molecule has 4 heteroatoms. The summed E-state index contributed by atoms with van der Waals surface area (Å²) in [6.45, 7) is 0.646. The third-order valence-electron chi connectivity index (χ3n) is 1.01. The summed E-state index contributed by atoms with van der Waals surface area (Å²) in [6.07, 6.45) is 0. The Morgan fingerprint density at radius 3 is 2.50 bits per heavy atom. The van der Waals surface area contributed by atoms with Gasteiger partial charge in [-0.05, 0) is 14.1 Å². The summed E-state index contributed by atoms with van der Waals surface area (Å²) in [5.41, 5.74) is 0. The predicted molar refractivity (Wildman–Crippen MR) is 37.1 cm³/mol. The molecule has 4 nitrogen and oxygen atoms in total. The van der Waals surface area contributed by atoms with Gasteiger partial charge in [-0.2, -0.15) is 0 Å². The van der Waals surface area contributed by atoms with Crippen LogP contribution in [0.3, 0.4) is 0 Å². The molecule has 0 aromatic rings. The summed E-state index contributed by atoms with van der Waals surface area (Å²) in [5.74, 6) is -0.429. The summed E-state index contributed by atoms with van der Waals surface area (Å²) in [6, 6.07) is 0. The largest absolute Gasteiger partial charge is 0.353 e. The second-order valence-corrected chi connectivity index (χ2v) is 2.30. The second-order valence-electron chi connectivity index (χ2n) is 2.30. The first kappa shape index (κ1) is 9.39. The van der Waals surface area contributed by atoms with Crippen LogP contribution >= 0.6 is 0 Å². The molecule has 0 saturated carbocycles. The average molecular weight is 145 g/mol. The van der Waals surface area contributed by atoms with Gasteiger partial charge >= 0.3 is 0 Å². The van der Waals surface area contributed by atoms with E-state index in [0.717, 1.165) is 6.54 Å². The minimum absolute atomic E-state index is 0.429. The van der Waals surface area contributed by atoms with Crippen molar-refractivity contribution in [3.63, 3.8) is 0 Å². The van der Waals surface area contributed by atoms with Crippen molar-refractivity contribution in [3.05, 3.63) is 0 Å². The number of carbonyl (C=O) groups is 1. The SMILES string of the molecule is CN(C)CCNC(=O)C[O]. The fourth-order valence-electron chi connectivity index (χ4n) is 0.470. The molecule has 1 radical (unpaired) electrons. The van der Waals surface area contributed by atoms with Gasteiger partial charge in [-0.1, -0.05) is 0 Å². The van der Waals surface area contributed by atoms with Crippen molar-refractivity contribution >= 4 is 5.91 Å². The molecule has 0 fully saturated rings. The lowest BCUT2D eigenvalue weighted by Gasteiger charge is -2.08. The van der Waals surface area contributed by atoms with Gasteiger partial charge in [0.1, 0.15) is 0 Å². The lowest BCUT2D eigenvalue weighted by atomic mass is 10.5. The molecule has 0 atom stereocenters. The number of hydrogen-bond acceptors (Lipinski definition) is 2. The molecular formula is C6H13N2O2. The minimum Gasteiger partial charge on any atom is -0.353 e. The van der Waals surface area contributed by atoms with Gasteiger partial charge in [0.15, 0.2) is 6.61 Å². The highest BCUT2D eigenvalue weighted by Gasteiger charge is 1.96. The molecule has 0 aliphatic heterocycles. The highest BCUT2D eigenvalue weighted by Crippen LogP contribution is 1.70. The zero-order valence-electron chi connectivity index (χ0n) is 6.39. The Hall–Kier alpha value is -0.610. The second kappa shape index (κ2) is 5.20. The number of nitrogens with one attached hydrogen (secondary N) is 1. The first-order valence-corrected chi connectivity index (χ1v) is 3.16. The van der Waals surface area contributed by atoms with Gasteiger partial charge in [0.05, 0.1) is 0 Å². The fourth-order valence-corrected chi connectivity index (χ4v) is 0.470. The first-order chi connectivity index (χ1) is 4.66. The molecule has 1 amide bonds. The summed E-state index contributed by atoms with van der Waals surface area (Å²) in [5, 5.41) is 12.4. The maximum Gasteiger partial charge on any atom is 0.249 e. The van der Waals surface area contributed by atoms with Crippen LogP contribution in [0.15, 0.2) is 0 Å². The topological polar surface area (TPSA) is 52.2 Å². The van der Waals surface area contributed by atoms with E-state index in [9.17, 15) is 9.90 Å². The molecule has 0 heterocycles. The molecule has 0 aliphatic rings. The monoisotopic (exact) mass is 145 g/mol. The Morgan fingerprint density at radius 1 is 1.50 bits per heavy atom. The molecule has 0 rings (SSSR count). The molecule has 0 unspecified atom stereocenters. The quantitative estimate of drug-likeness (QED) is 0.557. The van der Waals surface area contributed by atoms with Crippen molar-refractivity contribution < 1.29 is 9.90 Å². The number of likely N-dealkylation sites (N-methyl/N-ethyl adjacent to an activating group) is 1. The molecule has 0 aliphatic carbocycles. The van der Waals surface area contributed by atoms with Crippen LogP contribution in [-0.2, 0) is 9.90 Å². The summed E-state index contributed by atoms with van der Waals surface area (Å²) in [7, 11) is 3.81. The van der Waals surface area contributed by atoms with Crippen LogP contribution in [0.1, 0.15) is 0 Å². The van der Waals surface area contributed by atoms with E-state index in [1.807, 2.05) is 19.0 Å². The van der Waals surface area contributed by atoms with Gasteiger partial charge < -0.3 is 10.2 Å². The van der Waals surface area contributed by atoms with Gasteiger partial charge in [0, 0.05) is 13.1 Å². The lowest BCUT2D eigenvalue weighted by molar-refractivity contribution is -0.125. The third kappa shape index (κ3) is 5.53. The first-order valence-electron chi connectivity index (χ1n) is 3.16. The highest BCUT2D eigenvalue weighted by molar-refractivity contribution is 5.76. The third-order valence-corrected chi connectivity index (χ3v) is 1.01. The molecule has 0 aromatic carbocycles. The number of rotatable bonds is 4. The standard InChI is InChI=1S/C6H13N2O2/c1-8(2)4-3-7-6(10)5-9/h3-5H2,1-2H3,(H,7,10). The molecule has 0 spiro atoms. The van der Waals surface area contributed by atoms with E-state index in [0.29, 0.717) is 6.54 Å². The van der Waals surface area contributed by atoms with Crippen LogP contribution in [-0.4, -0.2) is 44.6 Å². The van der Waals surface area contributed by atoms with E-state index >= 15 is 0 Å². The van der Waals surface area contributed by atoms with Gasteiger partial charge in [-0.3, -0.25) is 4.79 Å². The molecule has 10 heavy (non-hydrogen) atoms. The Bertz CT molecular complexity index is 104. The zero-order chi connectivity index (χ0) is 7.98. The van der Waals surface area contributed by atoms with Crippen molar-refractivity contribution in [3.8, 4) is 0 Å². The summed E-state index contributed by atoms with van der Waals surface area (Å²) in [4.78, 5) is 12.3. The molecule has 0 bridgehead atoms. The number of carbonyl (C=O) groups excluding carboxylic acids is 1. The van der Waals surface area contributed by atoms with E-state index < -0.39 is 12.5 Å². The number of nitrogens with zero attached hydrogens (tertiary/aromatic N) is 1. The van der Waals surface area contributed by atoms with Crippen LogP contribution in [0.25, 0.3) is 0 Å². The van der Waals surface area contributed by atoms with E-state index in [1.54, 1.807) is 0 Å². The van der Waals surface area contributed by atoms with Crippen molar-refractivity contribution in [2.24, 2.45) is 0 Å². The van der Waals surface area contributed by atoms with Gasteiger partial charge in [-0.25, -0.2) is 5.11 Å². The normalized spacial score (nSPS) is 10.0. The van der Waals surface area contributed by atoms with Crippen LogP contribution < -0.4 is 5.32 Å². The van der Waals surface area contributed by atoms with Crippen molar-refractivity contribution in [1.82, 2.24) is 10.2 Å². The van der Waals surface area contributed by atoms with E-state index in [1.165, 1.54) is 0 Å². The van der Waals surface area contributed by atoms with Crippen molar-refractivity contribution in [2.45, 2.75) is 0 Å². The summed E-state index contributed by atoms with van der Waals surface area (Å²) < 4.78 is 0. The Labute approximate surface area is 60.8 Å². The maximum atomic E-state index is 10.4. The van der Waals surface area contributed by atoms with E-state index in [-0.39, 0.29) is 0 Å². The predicted octanol–water partition coefficient (Wildman–Crippen LogP) is -0.905. The smallest absolute Gasteiger partial charge is 0.249 e. The van der Waals surface area contributed by atoms with Crippen LogP contribution in [0, 0.1) is 0 Å². The van der Waals surface area contributed by atoms with Crippen LogP contribution in [0.4, 0.5) is 0 Å². The lowest BCUT2D eigenvalue weighted by Crippen LogP contribution is -2.32. The van der Waals surface area contributed by atoms with E-state index in [2.05, 4.69) is 5.32 Å². The Balaban J connectivity index is 3.12. The Kier molecular flexibility index (Phi) is 4.88.